The van der Waals surface area contributed by atoms with E-state index in [-0.39, 0.29) is 47.6 Å². The number of amides is 2. The Morgan fingerprint density at radius 3 is 1.65 bits per heavy atom. The molecule has 2 N–H and O–H groups in total. The highest BCUT2D eigenvalue weighted by Crippen LogP contribution is 2.48. The first-order valence-electron chi connectivity index (χ1n) is 16.9. The largest absolute Gasteiger partial charge is 0.355 e. The van der Waals surface area contributed by atoms with E-state index >= 15 is 0 Å². The molecule has 242 valence electrons. The highest BCUT2D eigenvalue weighted by Gasteiger charge is 2.50. The van der Waals surface area contributed by atoms with E-state index in [0.29, 0.717) is 18.6 Å². The van der Waals surface area contributed by atoms with Gasteiger partial charge in [0.1, 0.15) is 0 Å². The molecule has 4 heterocycles. The number of anilines is 1. The number of rotatable bonds is 8. The fourth-order valence-electron chi connectivity index (χ4n) is 9.18. The lowest BCUT2D eigenvalue weighted by molar-refractivity contribution is -0.129. The number of benzene rings is 3. The maximum Gasteiger partial charge on any atom is 0.229 e. The molecule has 4 fully saturated rings. The van der Waals surface area contributed by atoms with Gasteiger partial charge < -0.3 is 10.6 Å². The Morgan fingerprint density at radius 1 is 0.674 bits per heavy atom. The fraction of sp³-hybridized carbons (Fsp3) is 0.474. The second kappa shape index (κ2) is 13.3. The number of carbonyl (C=O) groups is 2. The summed E-state index contributed by atoms with van der Waals surface area (Å²) in [6, 6.07) is 25.7. The summed E-state index contributed by atoms with van der Waals surface area (Å²) >= 11 is 12.4. The van der Waals surface area contributed by atoms with Crippen molar-refractivity contribution in [3.8, 4) is 0 Å². The molecule has 0 aromatic heterocycles. The molecule has 3 aromatic rings. The van der Waals surface area contributed by atoms with Crippen molar-refractivity contribution in [2.24, 2.45) is 11.8 Å². The summed E-state index contributed by atoms with van der Waals surface area (Å²) in [7, 11) is 4.35. The fourth-order valence-corrected chi connectivity index (χ4v) is 9.43. The van der Waals surface area contributed by atoms with E-state index < -0.39 is 0 Å². The van der Waals surface area contributed by atoms with Crippen LogP contribution in [-0.2, 0) is 16.0 Å². The molecule has 8 atom stereocenters. The summed E-state index contributed by atoms with van der Waals surface area (Å²) in [4.78, 5) is 32.4. The SMILES string of the molecule is CN1C2CCC1[C@@H](C(=O)Nc1ccc(CCNC(=O)[C@H]3C4CCC(C[C@@H]3c3ccc(Cl)cc3)N4C)cc1)[C@@H](c1ccc(Cl)cc1)C2. The van der Waals surface area contributed by atoms with E-state index in [1.54, 1.807) is 0 Å². The molecule has 46 heavy (non-hydrogen) atoms. The Kier molecular flexibility index (Phi) is 9.17. The third kappa shape index (κ3) is 6.22. The summed E-state index contributed by atoms with van der Waals surface area (Å²) in [6.45, 7) is 0.578. The zero-order valence-corrected chi connectivity index (χ0v) is 28.2. The lowest BCUT2D eigenvalue weighted by Gasteiger charge is -2.42. The van der Waals surface area contributed by atoms with Crippen LogP contribution in [0.1, 0.15) is 67.1 Å². The molecule has 4 aliphatic rings. The van der Waals surface area contributed by atoms with Crippen molar-refractivity contribution in [3.63, 3.8) is 0 Å². The minimum Gasteiger partial charge on any atom is -0.355 e. The molecule has 0 saturated carbocycles. The summed E-state index contributed by atoms with van der Waals surface area (Å²) in [5.41, 5.74) is 4.34. The summed E-state index contributed by atoms with van der Waals surface area (Å²) in [5.74, 6) is 0.403. The van der Waals surface area contributed by atoms with Gasteiger partial charge in [-0.3, -0.25) is 19.4 Å². The van der Waals surface area contributed by atoms with Crippen LogP contribution >= 0.6 is 23.2 Å². The summed E-state index contributed by atoms with van der Waals surface area (Å²) in [6.07, 6.45) is 7.12. The van der Waals surface area contributed by atoms with Crippen LogP contribution in [0.5, 0.6) is 0 Å². The quantitative estimate of drug-likeness (QED) is 0.270. The van der Waals surface area contributed by atoms with Crippen LogP contribution in [0.3, 0.4) is 0 Å². The van der Waals surface area contributed by atoms with Gasteiger partial charge >= 0.3 is 0 Å². The number of fused-ring (bicyclic) bond motifs is 4. The summed E-state index contributed by atoms with van der Waals surface area (Å²) < 4.78 is 0. The minimum atomic E-state index is -0.120. The number of hydrogen-bond acceptors (Lipinski definition) is 4. The Bertz CT molecular complexity index is 1550. The molecule has 2 amide bonds. The van der Waals surface area contributed by atoms with Gasteiger partial charge in [-0.2, -0.15) is 0 Å². The van der Waals surface area contributed by atoms with E-state index in [1.165, 1.54) is 11.1 Å². The molecule has 4 unspecified atom stereocenters. The molecule has 0 spiro atoms. The van der Waals surface area contributed by atoms with E-state index in [0.717, 1.165) is 66.2 Å². The summed E-state index contributed by atoms with van der Waals surface area (Å²) in [5, 5.41) is 7.96. The van der Waals surface area contributed by atoms with Crippen LogP contribution in [0.15, 0.2) is 72.8 Å². The molecule has 3 aromatic carbocycles. The smallest absolute Gasteiger partial charge is 0.229 e. The third-order valence-corrected chi connectivity index (χ3v) is 12.2. The van der Waals surface area contributed by atoms with E-state index in [2.05, 4.69) is 70.9 Å². The van der Waals surface area contributed by atoms with Gasteiger partial charge in [-0.25, -0.2) is 0 Å². The standard InChI is InChI=1S/C38H44Cl2N4O2/c1-43-29-15-17-33(43)35(31(21-29)24-5-9-26(39)10-6-24)37(45)41-20-19-23-3-13-28(14-4-23)42-38(46)36-32(25-7-11-27(40)12-8-25)22-30-16-18-34(36)44(30)2/h3-14,29-36H,15-22H2,1-2H3,(H,41,45)(H,42,46)/t29?,30?,31-,32-,33?,34?,35-,36+/m1/s1. The average molecular weight is 660 g/mol. The second-order valence-electron chi connectivity index (χ2n) is 14.0. The molecule has 4 aliphatic heterocycles. The number of nitrogens with one attached hydrogen (secondary N) is 2. The average Bonchev–Trinajstić information content (AvgIpc) is 3.41. The van der Waals surface area contributed by atoms with Crippen molar-refractivity contribution in [2.45, 2.75) is 80.9 Å². The monoisotopic (exact) mass is 658 g/mol. The first kappa shape index (κ1) is 31.7. The van der Waals surface area contributed by atoms with E-state index in [4.69, 9.17) is 23.2 Å². The number of carbonyl (C=O) groups excluding carboxylic acids is 2. The molecule has 7 rings (SSSR count). The Morgan fingerprint density at radius 2 is 1.15 bits per heavy atom. The lowest BCUT2D eigenvalue weighted by atomic mass is 9.75. The zero-order chi connectivity index (χ0) is 31.9. The molecule has 8 heteroatoms. The van der Waals surface area contributed by atoms with Gasteiger partial charge in [0.25, 0.3) is 0 Å². The van der Waals surface area contributed by atoms with Crippen LogP contribution in [-0.4, -0.2) is 66.4 Å². The van der Waals surface area contributed by atoms with Crippen LogP contribution in [0.4, 0.5) is 5.69 Å². The Labute approximate surface area is 282 Å². The van der Waals surface area contributed by atoms with Crippen molar-refractivity contribution in [2.75, 3.05) is 26.0 Å². The van der Waals surface area contributed by atoms with E-state index in [1.807, 2.05) is 36.4 Å². The number of hydrogen-bond donors (Lipinski definition) is 2. The van der Waals surface area contributed by atoms with Gasteiger partial charge in [0.15, 0.2) is 0 Å². The minimum absolute atomic E-state index is 0.0757. The van der Waals surface area contributed by atoms with Gasteiger partial charge in [-0.1, -0.05) is 59.6 Å². The lowest BCUT2D eigenvalue weighted by Crippen LogP contribution is -2.51. The second-order valence-corrected chi connectivity index (χ2v) is 14.9. The molecular formula is C38H44Cl2N4O2. The van der Waals surface area contributed by atoms with Gasteiger partial charge in [0, 0.05) is 46.4 Å². The molecule has 4 bridgehead atoms. The maximum atomic E-state index is 13.8. The van der Waals surface area contributed by atoms with Crippen LogP contribution < -0.4 is 10.6 Å². The first-order valence-corrected chi connectivity index (χ1v) is 17.6. The topological polar surface area (TPSA) is 64.7 Å². The van der Waals surface area contributed by atoms with Gasteiger partial charge in [-0.05, 0) is 124 Å². The normalized spacial score (nSPS) is 30.7. The number of nitrogens with zero attached hydrogens (tertiary/aromatic N) is 2. The molecular weight excluding hydrogens is 615 g/mol. The highest BCUT2D eigenvalue weighted by molar-refractivity contribution is 6.30. The molecule has 0 radical (unpaired) electrons. The Hall–Kier alpha value is -2.90. The van der Waals surface area contributed by atoms with E-state index in [9.17, 15) is 9.59 Å². The van der Waals surface area contributed by atoms with Crippen molar-refractivity contribution < 1.29 is 9.59 Å². The van der Waals surface area contributed by atoms with Crippen molar-refractivity contribution >= 4 is 40.7 Å². The number of halogens is 2. The van der Waals surface area contributed by atoms with Crippen LogP contribution in [0, 0.1) is 11.8 Å². The van der Waals surface area contributed by atoms with Gasteiger partial charge in [0.05, 0.1) is 11.8 Å². The van der Waals surface area contributed by atoms with Crippen LogP contribution in [0.25, 0.3) is 0 Å². The predicted molar refractivity (Wildman–Crippen MR) is 186 cm³/mol. The highest BCUT2D eigenvalue weighted by atomic mass is 35.5. The van der Waals surface area contributed by atoms with Crippen LogP contribution in [0.2, 0.25) is 10.0 Å². The van der Waals surface area contributed by atoms with Gasteiger partial charge in [-0.15, -0.1) is 0 Å². The molecule has 4 saturated heterocycles. The zero-order valence-electron chi connectivity index (χ0n) is 26.7. The number of piperidine rings is 2. The van der Waals surface area contributed by atoms with Crippen molar-refractivity contribution in [3.05, 3.63) is 99.5 Å². The molecule has 6 nitrogen and oxygen atoms in total. The first-order chi connectivity index (χ1) is 22.3. The maximum absolute atomic E-state index is 13.8. The third-order valence-electron chi connectivity index (χ3n) is 11.7. The van der Waals surface area contributed by atoms with Crippen molar-refractivity contribution in [1.29, 1.82) is 0 Å². The molecule has 0 aliphatic carbocycles. The predicted octanol–water partition coefficient (Wildman–Crippen LogP) is 7.12. The van der Waals surface area contributed by atoms with Crippen molar-refractivity contribution in [1.82, 2.24) is 15.1 Å². The Balaban J connectivity index is 0.974. The van der Waals surface area contributed by atoms with Gasteiger partial charge in [0.2, 0.25) is 11.8 Å².